The summed E-state index contributed by atoms with van der Waals surface area (Å²) in [5.41, 5.74) is 0.0834. The van der Waals surface area contributed by atoms with E-state index in [1.807, 2.05) is 0 Å². The summed E-state index contributed by atoms with van der Waals surface area (Å²) in [4.78, 5) is 9.92. The van der Waals surface area contributed by atoms with E-state index in [9.17, 15) is 14.5 Å². The summed E-state index contributed by atoms with van der Waals surface area (Å²) in [6.45, 7) is 0.994. The third kappa shape index (κ3) is 3.00. The van der Waals surface area contributed by atoms with Crippen molar-refractivity contribution in [3.63, 3.8) is 0 Å². The molecule has 0 amide bonds. The van der Waals surface area contributed by atoms with Gasteiger partial charge in [0.05, 0.1) is 23.7 Å². The van der Waals surface area contributed by atoms with Crippen molar-refractivity contribution in [1.82, 2.24) is 15.0 Å². The summed E-state index contributed by atoms with van der Waals surface area (Å²) in [7, 11) is 0. The van der Waals surface area contributed by atoms with Gasteiger partial charge in [-0.2, -0.15) is 0 Å². The molecule has 0 aliphatic heterocycles. The maximum Gasteiger partial charge on any atom is 0.274 e. The highest BCUT2D eigenvalue weighted by Gasteiger charge is 2.09. The number of nitro benzene ring substituents is 1. The Morgan fingerprint density at radius 2 is 2.28 bits per heavy atom. The molecule has 1 heterocycles. The normalized spacial score (nSPS) is 10.3. The summed E-state index contributed by atoms with van der Waals surface area (Å²) >= 11 is 0. The molecule has 0 aliphatic carbocycles. The summed E-state index contributed by atoms with van der Waals surface area (Å²) in [5.74, 6) is -0.646. The topological polar surface area (TPSA) is 85.9 Å². The zero-order valence-electron chi connectivity index (χ0n) is 9.28. The first-order chi connectivity index (χ1) is 8.65. The maximum absolute atomic E-state index is 13.1. The highest BCUT2D eigenvalue weighted by atomic mass is 19.1. The lowest BCUT2D eigenvalue weighted by Gasteiger charge is -2.06. The predicted octanol–water partition coefficient (Wildman–Crippen LogP) is 1.44. The number of nitro groups is 1. The van der Waals surface area contributed by atoms with Crippen LogP contribution in [0.4, 0.5) is 15.8 Å². The van der Waals surface area contributed by atoms with E-state index in [0.717, 1.165) is 6.07 Å². The Kier molecular flexibility index (Phi) is 3.46. The van der Waals surface area contributed by atoms with Crippen molar-refractivity contribution in [2.75, 3.05) is 11.9 Å². The van der Waals surface area contributed by atoms with Gasteiger partial charge in [-0.25, -0.2) is 4.39 Å². The van der Waals surface area contributed by atoms with Crippen LogP contribution < -0.4 is 5.32 Å². The van der Waals surface area contributed by atoms with Crippen molar-refractivity contribution in [3.05, 3.63) is 46.5 Å². The molecule has 1 N–H and O–H groups in total. The van der Waals surface area contributed by atoms with Crippen LogP contribution in [0, 0.1) is 15.9 Å². The molecule has 94 valence electrons. The molecule has 2 rings (SSSR count). The molecule has 2 aromatic rings. The third-order valence-corrected chi connectivity index (χ3v) is 2.24. The second kappa shape index (κ2) is 5.21. The van der Waals surface area contributed by atoms with Gasteiger partial charge in [0, 0.05) is 24.5 Å². The SMILES string of the molecule is O=[N+]([O-])c1cc(F)cc(NCCn2ccnn2)c1. The van der Waals surface area contributed by atoms with E-state index in [1.165, 1.54) is 12.1 Å². The van der Waals surface area contributed by atoms with Crippen LogP contribution >= 0.6 is 0 Å². The fraction of sp³-hybridized carbons (Fsp3) is 0.200. The number of hydrogen-bond donors (Lipinski definition) is 1. The molecule has 8 heteroatoms. The molecule has 1 aromatic carbocycles. The molecule has 0 spiro atoms. The van der Waals surface area contributed by atoms with Crippen LogP contribution in [0.1, 0.15) is 0 Å². The number of anilines is 1. The molecule has 7 nitrogen and oxygen atoms in total. The molecule has 0 aliphatic rings. The smallest absolute Gasteiger partial charge is 0.274 e. The maximum atomic E-state index is 13.1. The van der Waals surface area contributed by atoms with Crippen LogP contribution in [-0.2, 0) is 6.54 Å². The Morgan fingerprint density at radius 1 is 1.44 bits per heavy atom. The zero-order valence-corrected chi connectivity index (χ0v) is 9.28. The molecule has 0 bridgehead atoms. The second-order valence-electron chi connectivity index (χ2n) is 3.55. The fourth-order valence-corrected chi connectivity index (χ4v) is 1.45. The second-order valence-corrected chi connectivity index (χ2v) is 3.55. The van der Waals surface area contributed by atoms with Gasteiger partial charge in [-0.1, -0.05) is 5.21 Å². The molecule has 18 heavy (non-hydrogen) atoms. The van der Waals surface area contributed by atoms with Gasteiger partial charge in [-0.05, 0) is 6.07 Å². The van der Waals surface area contributed by atoms with Gasteiger partial charge in [0.2, 0.25) is 0 Å². The van der Waals surface area contributed by atoms with Crippen molar-refractivity contribution >= 4 is 11.4 Å². The molecule has 0 saturated heterocycles. The van der Waals surface area contributed by atoms with Gasteiger partial charge in [-0.15, -0.1) is 5.10 Å². The van der Waals surface area contributed by atoms with Crippen LogP contribution in [0.2, 0.25) is 0 Å². The quantitative estimate of drug-likeness (QED) is 0.641. The van der Waals surface area contributed by atoms with E-state index in [-0.39, 0.29) is 5.69 Å². The van der Waals surface area contributed by atoms with Gasteiger partial charge < -0.3 is 5.32 Å². The summed E-state index contributed by atoms with van der Waals surface area (Å²) in [6.07, 6.45) is 3.24. The summed E-state index contributed by atoms with van der Waals surface area (Å²) in [6, 6.07) is 3.36. The van der Waals surface area contributed by atoms with Gasteiger partial charge in [-0.3, -0.25) is 14.8 Å². The summed E-state index contributed by atoms with van der Waals surface area (Å²) in [5, 5.41) is 20.8. The van der Waals surface area contributed by atoms with Crippen LogP contribution in [0.3, 0.4) is 0 Å². The van der Waals surface area contributed by atoms with Gasteiger partial charge in [0.1, 0.15) is 5.82 Å². The lowest BCUT2D eigenvalue weighted by Crippen LogP contribution is -2.11. The largest absolute Gasteiger partial charge is 0.383 e. The van der Waals surface area contributed by atoms with Crippen molar-refractivity contribution in [2.24, 2.45) is 0 Å². The number of benzene rings is 1. The number of non-ortho nitro benzene ring substituents is 1. The minimum atomic E-state index is -0.646. The average molecular weight is 251 g/mol. The molecule has 0 radical (unpaired) electrons. The lowest BCUT2D eigenvalue weighted by atomic mass is 10.2. The van der Waals surface area contributed by atoms with Gasteiger partial charge in [0.15, 0.2) is 0 Å². The molecule has 1 aromatic heterocycles. The van der Waals surface area contributed by atoms with Gasteiger partial charge >= 0.3 is 0 Å². The Labute approximate surface area is 101 Å². The van der Waals surface area contributed by atoms with E-state index >= 15 is 0 Å². The van der Waals surface area contributed by atoms with Gasteiger partial charge in [0.25, 0.3) is 5.69 Å². The van der Waals surface area contributed by atoms with E-state index in [1.54, 1.807) is 17.1 Å². The molecule has 0 unspecified atom stereocenters. The Balaban J connectivity index is 1.98. The number of aromatic nitrogens is 3. The Bertz CT molecular complexity index is 543. The minimum Gasteiger partial charge on any atom is -0.383 e. The first-order valence-corrected chi connectivity index (χ1v) is 5.18. The van der Waals surface area contributed by atoms with E-state index in [0.29, 0.717) is 18.8 Å². The Hall–Kier alpha value is -2.51. The van der Waals surface area contributed by atoms with Crippen molar-refractivity contribution < 1.29 is 9.31 Å². The van der Waals surface area contributed by atoms with E-state index in [4.69, 9.17) is 0 Å². The average Bonchev–Trinajstić information content (AvgIpc) is 2.81. The Morgan fingerprint density at radius 3 is 2.94 bits per heavy atom. The molecule has 0 atom stereocenters. The third-order valence-electron chi connectivity index (χ3n) is 2.24. The van der Waals surface area contributed by atoms with Crippen LogP contribution in [-0.4, -0.2) is 26.5 Å². The predicted molar refractivity (Wildman–Crippen MR) is 61.6 cm³/mol. The van der Waals surface area contributed by atoms with Crippen molar-refractivity contribution in [2.45, 2.75) is 6.54 Å². The highest BCUT2D eigenvalue weighted by Crippen LogP contribution is 2.19. The zero-order chi connectivity index (χ0) is 13.0. The monoisotopic (exact) mass is 251 g/mol. The van der Waals surface area contributed by atoms with Crippen LogP contribution in [0.5, 0.6) is 0 Å². The molecule has 0 fully saturated rings. The standard InChI is InChI=1S/C10H10FN5O2/c11-8-5-9(7-10(6-8)16(17)18)12-1-3-15-4-2-13-14-15/h2,4-7,12H,1,3H2. The van der Waals surface area contributed by atoms with E-state index in [2.05, 4.69) is 15.6 Å². The van der Waals surface area contributed by atoms with Crippen LogP contribution in [0.25, 0.3) is 0 Å². The number of nitrogens with one attached hydrogen (secondary N) is 1. The fourth-order valence-electron chi connectivity index (χ4n) is 1.45. The van der Waals surface area contributed by atoms with Crippen molar-refractivity contribution in [3.8, 4) is 0 Å². The number of rotatable bonds is 5. The first kappa shape index (κ1) is 12.0. The van der Waals surface area contributed by atoms with Crippen molar-refractivity contribution in [1.29, 1.82) is 0 Å². The summed E-state index contributed by atoms with van der Waals surface area (Å²) < 4.78 is 14.7. The highest BCUT2D eigenvalue weighted by molar-refractivity contribution is 5.51. The molecular weight excluding hydrogens is 241 g/mol. The first-order valence-electron chi connectivity index (χ1n) is 5.18. The van der Waals surface area contributed by atoms with E-state index < -0.39 is 10.7 Å². The number of halogens is 1. The minimum absolute atomic E-state index is 0.279. The number of nitrogens with zero attached hydrogens (tertiary/aromatic N) is 4. The van der Waals surface area contributed by atoms with Crippen LogP contribution in [0.15, 0.2) is 30.6 Å². The molecule has 0 saturated carbocycles. The number of hydrogen-bond acceptors (Lipinski definition) is 5. The molecular formula is C10H10FN5O2. The lowest BCUT2D eigenvalue weighted by molar-refractivity contribution is -0.385.